The summed E-state index contributed by atoms with van der Waals surface area (Å²) in [6.07, 6.45) is 4.38. The van der Waals surface area contributed by atoms with Crippen molar-refractivity contribution in [1.82, 2.24) is 4.90 Å². The molecule has 2 N–H and O–H groups in total. The summed E-state index contributed by atoms with van der Waals surface area (Å²) in [7, 11) is 0. The largest absolute Gasteiger partial charge is 0.504 e. The summed E-state index contributed by atoms with van der Waals surface area (Å²) in [5, 5.41) is 19.6. The van der Waals surface area contributed by atoms with Gasteiger partial charge < -0.3 is 10.2 Å². The summed E-state index contributed by atoms with van der Waals surface area (Å²) < 4.78 is 0. The summed E-state index contributed by atoms with van der Waals surface area (Å²) >= 11 is 0. The molecule has 0 unspecified atom stereocenters. The van der Waals surface area contributed by atoms with Crippen LogP contribution in [0.5, 0.6) is 11.5 Å². The van der Waals surface area contributed by atoms with Crippen molar-refractivity contribution < 1.29 is 10.2 Å². The molecule has 0 saturated carbocycles. The molecule has 1 aromatic rings. The van der Waals surface area contributed by atoms with Crippen molar-refractivity contribution in [2.45, 2.75) is 44.6 Å². The van der Waals surface area contributed by atoms with Crippen LogP contribution in [0.4, 0.5) is 0 Å². The average molecular weight is 247 g/mol. The van der Waals surface area contributed by atoms with E-state index in [4.69, 9.17) is 0 Å². The molecule has 2 atom stereocenters. The number of rotatable bonds is 2. The van der Waals surface area contributed by atoms with Crippen molar-refractivity contribution in [3.8, 4) is 11.5 Å². The zero-order valence-electron chi connectivity index (χ0n) is 10.9. The van der Waals surface area contributed by atoms with E-state index in [1.54, 1.807) is 6.07 Å². The van der Waals surface area contributed by atoms with Crippen LogP contribution >= 0.6 is 0 Å². The highest BCUT2D eigenvalue weighted by molar-refractivity contribution is 5.52. The number of hydrogen-bond donors (Lipinski definition) is 2. The van der Waals surface area contributed by atoms with Crippen LogP contribution in [-0.4, -0.2) is 34.2 Å². The lowest BCUT2D eigenvalue weighted by Gasteiger charge is -2.33. The van der Waals surface area contributed by atoms with E-state index < -0.39 is 0 Å². The van der Waals surface area contributed by atoms with Gasteiger partial charge in [-0.05, 0) is 50.4 Å². The van der Waals surface area contributed by atoms with Crippen molar-refractivity contribution in [3.63, 3.8) is 0 Å². The molecule has 1 saturated heterocycles. The summed E-state index contributed by atoms with van der Waals surface area (Å²) in [5.41, 5.74) is 2.25. The molecule has 1 fully saturated rings. The Morgan fingerprint density at radius 3 is 2.89 bits per heavy atom. The number of hydrogen-bond acceptors (Lipinski definition) is 3. The van der Waals surface area contributed by atoms with E-state index in [2.05, 4.69) is 11.8 Å². The number of phenolic OH excluding ortho intramolecular Hbond substituents is 2. The number of aromatic hydroxyl groups is 2. The van der Waals surface area contributed by atoms with Gasteiger partial charge in [-0.3, -0.25) is 4.90 Å². The zero-order valence-corrected chi connectivity index (χ0v) is 10.9. The van der Waals surface area contributed by atoms with Gasteiger partial charge in [0.2, 0.25) is 0 Å². The molecule has 18 heavy (non-hydrogen) atoms. The highest BCUT2D eigenvalue weighted by atomic mass is 16.3. The Hall–Kier alpha value is -1.22. The number of likely N-dealkylation sites (tertiary alicyclic amines) is 1. The fraction of sp³-hybridized carbons (Fsp3) is 0.600. The minimum absolute atomic E-state index is 0.0237. The lowest BCUT2D eigenvalue weighted by molar-refractivity contribution is 0.226. The first-order valence-electron chi connectivity index (χ1n) is 7.00. The van der Waals surface area contributed by atoms with Gasteiger partial charge in [0, 0.05) is 17.5 Å². The third kappa shape index (κ3) is 1.69. The maximum Gasteiger partial charge on any atom is 0.160 e. The molecule has 0 radical (unpaired) electrons. The Bertz CT molecular complexity index is 458. The fourth-order valence-electron chi connectivity index (χ4n) is 3.77. The van der Waals surface area contributed by atoms with E-state index in [1.807, 2.05) is 6.07 Å². The van der Waals surface area contributed by atoms with Gasteiger partial charge in [-0.1, -0.05) is 13.0 Å². The predicted octanol–water partition coefficient (Wildman–Crippen LogP) is 2.61. The first kappa shape index (κ1) is 11.8. The van der Waals surface area contributed by atoms with E-state index >= 15 is 0 Å². The molecule has 3 nitrogen and oxygen atoms in total. The monoisotopic (exact) mass is 247 g/mol. The maximum absolute atomic E-state index is 9.97. The minimum Gasteiger partial charge on any atom is -0.504 e. The Morgan fingerprint density at radius 2 is 2.11 bits per heavy atom. The van der Waals surface area contributed by atoms with Crippen LogP contribution in [0, 0.1) is 0 Å². The Kier molecular flexibility index (Phi) is 2.94. The summed E-state index contributed by atoms with van der Waals surface area (Å²) in [5.74, 6) is 0.683. The molecule has 0 amide bonds. The smallest absolute Gasteiger partial charge is 0.160 e. The van der Waals surface area contributed by atoms with Crippen molar-refractivity contribution >= 4 is 0 Å². The standard InChI is InChI=1S/C15H21NO2/c1-2-8-16-9-7-11-10-4-6-14(17)15(18)12(10)3-5-13(11)16/h4,6,11,13,17-18H,2-3,5,7-9H2,1H3/t11-,13-/m0/s1. The molecule has 1 aliphatic carbocycles. The minimum atomic E-state index is 0.0237. The third-order valence-corrected chi connectivity index (χ3v) is 4.56. The van der Waals surface area contributed by atoms with E-state index in [9.17, 15) is 10.2 Å². The van der Waals surface area contributed by atoms with Gasteiger partial charge in [-0.15, -0.1) is 0 Å². The molecule has 2 aliphatic rings. The Balaban J connectivity index is 1.94. The molecule has 0 bridgehead atoms. The number of phenols is 2. The van der Waals surface area contributed by atoms with Crippen LogP contribution in [0.1, 0.15) is 43.2 Å². The number of nitrogens with zero attached hydrogens (tertiary/aromatic N) is 1. The second-order valence-corrected chi connectivity index (χ2v) is 5.54. The van der Waals surface area contributed by atoms with Crippen molar-refractivity contribution in [2.24, 2.45) is 0 Å². The maximum atomic E-state index is 9.97. The third-order valence-electron chi connectivity index (χ3n) is 4.56. The lowest BCUT2D eigenvalue weighted by atomic mass is 9.79. The fourth-order valence-corrected chi connectivity index (χ4v) is 3.77. The first-order chi connectivity index (χ1) is 8.72. The molecule has 3 rings (SSSR count). The summed E-state index contributed by atoms with van der Waals surface area (Å²) in [4.78, 5) is 2.59. The second-order valence-electron chi connectivity index (χ2n) is 5.54. The molecule has 1 aliphatic heterocycles. The van der Waals surface area contributed by atoms with Crippen LogP contribution < -0.4 is 0 Å². The van der Waals surface area contributed by atoms with Gasteiger partial charge in [0.1, 0.15) is 0 Å². The van der Waals surface area contributed by atoms with Crippen LogP contribution in [0.25, 0.3) is 0 Å². The van der Waals surface area contributed by atoms with Gasteiger partial charge in [0.15, 0.2) is 11.5 Å². The second kappa shape index (κ2) is 4.47. The van der Waals surface area contributed by atoms with Crippen LogP contribution in [0.15, 0.2) is 12.1 Å². The topological polar surface area (TPSA) is 43.7 Å². The quantitative estimate of drug-likeness (QED) is 0.790. The van der Waals surface area contributed by atoms with Gasteiger partial charge in [0.25, 0.3) is 0 Å². The van der Waals surface area contributed by atoms with E-state index in [-0.39, 0.29) is 11.5 Å². The predicted molar refractivity (Wildman–Crippen MR) is 71.1 cm³/mol. The van der Waals surface area contributed by atoms with Gasteiger partial charge >= 0.3 is 0 Å². The van der Waals surface area contributed by atoms with Crippen LogP contribution in [0.2, 0.25) is 0 Å². The average Bonchev–Trinajstić information content (AvgIpc) is 2.78. The molecule has 1 aromatic carbocycles. The van der Waals surface area contributed by atoms with Gasteiger partial charge in [-0.25, -0.2) is 0 Å². The van der Waals surface area contributed by atoms with E-state index in [1.165, 1.54) is 31.5 Å². The molecule has 0 aromatic heterocycles. The first-order valence-corrected chi connectivity index (χ1v) is 7.00. The zero-order chi connectivity index (χ0) is 12.7. The normalized spacial score (nSPS) is 26.9. The Labute approximate surface area is 108 Å². The van der Waals surface area contributed by atoms with Crippen LogP contribution in [-0.2, 0) is 6.42 Å². The van der Waals surface area contributed by atoms with E-state index in [0.29, 0.717) is 12.0 Å². The molecule has 1 heterocycles. The highest BCUT2D eigenvalue weighted by Crippen LogP contribution is 2.46. The summed E-state index contributed by atoms with van der Waals surface area (Å²) in [6, 6.07) is 4.29. The highest BCUT2D eigenvalue weighted by Gasteiger charge is 2.39. The molecule has 3 heteroatoms. The van der Waals surface area contributed by atoms with E-state index in [0.717, 1.165) is 18.4 Å². The summed E-state index contributed by atoms with van der Waals surface area (Å²) in [6.45, 7) is 4.58. The Morgan fingerprint density at radius 1 is 1.28 bits per heavy atom. The van der Waals surface area contributed by atoms with Gasteiger partial charge in [-0.2, -0.15) is 0 Å². The SMILES string of the molecule is CCCN1CC[C@H]2c3ccc(O)c(O)c3CC[C@@H]21. The lowest BCUT2D eigenvalue weighted by Crippen LogP contribution is -2.35. The van der Waals surface area contributed by atoms with Crippen LogP contribution in [0.3, 0.4) is 0 Å². The molecular formula is C15H21NO2. The molecule has 0 spiro atoms. The van der Waals surface area contributed by atoms with Crippen molar-refractivity contribution in [2.75, 3.05) is 13.1 Å². The number of fused-ring (bicyclic) bond motifs is 3. The van der Waals surface area contributed by atoms with Gasteiger partial charge in [0.05, 0.1) is 0 Å². The van der Waals surface area contributed by atoms with Crippen molar-refractivity contribution in [3.05, 3.63) is 23.3 Å². The molecule has 98 valence electrons. The number of benzene rings is 1. The molecular weight excluding hydrogens is 226 g/mol. The van der Waals surface area contributed by atoms with Crippen molar-refractivity contribution in [1.29, 1.82) is 0 Å².